The fourth-order valence-electron chi connectivity index (χ4n) is 4.59. The zero-order chi connectivity index (χ0) is 18.6. The highest BCUT2D eigenvalue weighted by atomic mass is 16.5. The molecule has 0 spiro atoms. The summed E-state index contributed by atoms with van der Waals surface area (Å²) in [5, 5.41) is 2.96. The van der Waals surface area contributed by atoms with Crippen LogP contribution in [0.1, 0.15) is 51.9 Å². The van der Waals surface area contributed by atoms with E-state index in [2.05, 4.69) is 5.32 Å². The zero-order valence-electron chi connectivity index (χ0n) is 15.8. The average Bonchev–Trinajstić information content (AvgIpc) is 2.68. The highest BCUT2D eigenvalue weighted by Crippen LogP contribution is 2.32. The molecule has 26 heavy (non-hydrogen) atoms. The number of amides is 3. The molecule has 0 aromatic rings. The molecule has 2 aliphatic heterocycles. The van der Waals surface area contributed by atoms with Crippen molar-refractivity contribution >= 4 is 17.7 Å². The number of carbonyl (C=O) groups is 3. The number of nitrogens with one attached hydrogen (secondary N) is 1. The maximum Gasteiger partial charge on any atom is 0.248 e. The van der Waals surface area contributed by atoms with Gasteiger partial charge in [0.2, 0.25) is 17.7 Å². The fourth-order valence-corrected chi connectivity index (χ4v) is 4.59. The second-order valence-electron chi connectivity index (χ2n) is 7.85. The van der Waals surface area contributed by atoms with Gasteiger partial charge in [-0.3, -0.25) is 14.4 Å². The molecule has 1 saturated carbocycles. The van der Waals surface area contributed by atoms with E-state index in [9.17, 15) is 14.4 Å². The van der Waals surface area contributed by atoms with Gasteiger partial charge in [-0.15, -0.1) is 0 Å². The van der Waals surface area contributed by atoms with Gasteiger partial charge in [0.1, 0.15) is 5.54 Å². The number of nitrogens with zero attached hydrogens (tertiary/aromatic N) is 2. The summed E-state index contributed by atoms with van der Waals surface area (Å²) in [5.74, 6) is -0.142. The first-order valence-corrected chi connectivity index (χ1v) is 9.96. The third-order valence-electron chi connectivity index (χ3n) is 5.91. The third-order valence-corrected chi connectivity index (χ3v) is 5.91. The predicted octanol–water partition coefficient (Wildman–Crippen LogP) is 0.923. The Morgan fingerprint density at radius 2 is 1.65 bits per heavy atom. The Morgan fingerprint density at radius 3 is 2.31 bits per heavy atom. The highest BCUT2D eigenvalue weighted by molar-refractivity contribution is 5.91. The Labute approximate surface area is 155 Å². The average molecular weight is 365 g/mol. The topological polar surface area (TPSA) is 79.0 Å². The molecule has 0 radical (unpaired) electrons. The Morgan fingerprint density at radius 1 is 0.962 bits per heavy atom. The van der Waals surface area contributed by atoms with E-state index in [1.807, 2.05) is 9.80 Å². The summed E-state index contributed by atoms with van der Waals surface area (Å²) in [6.45, 7) is 5.08. The van der Waals surface area contributed by atoms with Crippen LogP contribution in [0.5, 0.6) is 0 Å². The van der Waals surface area contributed by atoms with Crippen molar-refractivity contribution < 1.29 is 19.1 Å². The number of hydrogen-bond acceptors (Lipinski definition) is 4. The number of ether oxygens (including phenoxy) is 1. The van der Waals surface area contributed by atoms with Crippen LogP contribution < -0.4 is 5.32 Å². The molecule has 3 rings (SSSR count). The van der Waals surface area contributed by atoms with Gasteiger partial charge >= 0.3 is 0 Å². The Hall–Kier alpha value is -1.63. The minimum absolute atomic E-state index is 0.00637. The first-order valence-electron chi connectivity index (χ1n) is 9.96. The number of carbonyl (C=O) groups excluding carboxylic acids is 3. The van der Waals surface area contributed by atoms with E-state index in [0.717, 1.165) is 32.1 Å². The number of morpholine rings is 1. The van der Waals surface area contributed by atoms with Crippen LogP contribution in [0.2, 0.25) is 0 Å². The van der Waals surface area contributed by atoms with Crippen molar-refractivity contribution in [3.63, 3.8) is 0 Å². The van der Waals surface area contributed by atoms with Crippen LogP contribution in [-0.2, 0) is 19.1 Å². The third kappa shape index (κ3) is 4.19. The van der Waals surface area contributed by atoms with Crippen molar-refractivity contribution in [3.05, 3.63) is 0 Å². The van der Waals surface area contributed by atoms with Crippen LogP contribution in [0.25, 0.3) is 0 Å². The van der Waals surface area contributed by atoms with E-state index >= 15 is 0 Å². The molecule has 2 saturated heterocycles. The summed E-state index contributed by atoms with van der Waals surface area (Å²) in [4.78, 5) is 41.6. The number of rotatable bonds is 3. The molecule has 1 N–H and O–H groups in total. The summed E-state index contributed by atoms with van der Waals surface area (Å²) in [7, 11) is 0. The quantitative estimate of drug-likeness (QED) is 0.807. The van der Waals surface area contributed by atoms with Crippen molar-refractivity contribution in [3.8, 4) is 0 Å². The van der Waals surface area contributed by atoms with Crippen molar-refractivity contribution in [2.75, 3.05) is 39.4 Å². The second kappa shape index (κ2) is 8.37. The lowest BCUT2D eigenvalue weighted by molar-refractivity contribution is -0.149. The molecule has 3 fully saturated rings. The van der Waals surface area contributed by atoms with E-state index < -0.39 is 5.54 Å². The van der Waals surface area contributed by atoms with Crippen LogP contribution >= 0.6 is 0 Å². The molecular formula is C19H31N3O4. The van der Waals surface area contributed by atoms with E-state index in [1.54, 1.807) is 0 Å². The molecule has 2 heterocycles. The molecular weight excluding hydrogens is 334 g/mol. The smallest absolute Gasteiger partial charge is 0.248 e. The van der Waals surface area contributed by atoms with Gasteiger partial charge in [0.05, 0.1) is 19.1 Å². The summed E-state index contributed by atoms with van der Waals surface area (Å²) in [5.41, 5.74) is -0.770. The fraction of sp³-hybridized carbons (Fsp3) is 0.842. The summed E-state index contributed by atoms with van der Waals surface area (Å²) >= 11 is 0. The molecule has 7 heteroatoms. The van der Waals surface area contributed by atoms with Crippen molar-refractivity contribution in [1.82, 2.24) is 15.1 Å². The lowest BCUT2D eigenvalue weighted by Crippen LogP contribution is -2.62. The molecule has 1 aliphatic carbocycles. The molecule has 1 unspecified atom stereocenters. The van der Waals surface area contributed by atoms with Gasteiger partial charge in [0, 0.05) is 33.1 Å². The van der Waals surface area contributed by atoms with Gasteiger partial charge in [-0.05, 0) is 25.7 Å². The molecule has 0 aromatic carbocycles. The molecule has 1 atom stereocenters. The Balaban J connectivity index is 1.68. The van der Waals surface area contributed by atoms with E-state index in [1.165, 1.54) is 6.92 Å². The molecule has 7 nitrogen and oxygen atoms in total. The monoisotopic (exact) mass is 365 g/mol. The van der Waals surface area contributed by atoms with Crippen LogP contribution in [-0.4, -0.2) is 72.5 Å². The zero-order valence-corrected chi connectivity index (χ0v) is 15.8. The highest BCUT2D eigenvalue weighted by Gasteiger charge is 2.44. The normalized spacial score (nSPS) is 26.3. The van der Waals surface area contributed by atoms with Gasteiger partial charge in [0.15, 0.2) is 0 Å². The van der Waals surface area contributed by atoms with Crippen LogP contribution in [0.3, 0.4) is 0 Å². The number of hydrogen-bond donors (Lipinski definition) is 1. The van der Waals surface area contributed by atoms with Crippen LogP contribution in [0.4, 0.5) is 0 Å². The minimum atomic E-state index is -0.770. The lowest BCUT2D eigenvalue weighted by atomic mass is 9.79. The Bertz CT molecular complexity index is 539. The molecule has 0 aromatic heterocycles. The minimum Gasteiger partial charge on any atom is -0.378 e. The SMILES string of the molecule is CC(=O)NC1(C(=O)N2CCCC(C(=O)N3CCOCC3)C2)CCCCC1. The standard InChI is InChI=1S/C19H31N3O4/c1-15(23)20-19(7-3-2-4-8-19)18(25)22-9-5-6-16(14-22)17(24)21-10-12-26-13-11-21/h16H,2-14H2,1H3,(H,20,23). The summed E-state index contributed by atoms with van der Waals surface area (Å²) in [6, 6.07) is 0. The van der Waals surface area contributed by atoms with Crippen molar-refractivity contribution in [2.45, 2.75) is 57.4 Å². The van der Waals surface area contributed by atoms with Gasteiger partial charge in [0.25, 0.3) is 0 Å². The van der Waals surface area contributed by atoms with Crippen LogP contribution in [0.15, 0.2) is 0 Å². The van der Waals surface area contributed by atoms with Crippen molar-refractivity contribution in [2.24, 2.45) is 5.92 Å². The van der Waals surface area contributed by atoms with E-state index in [-0.39, 0.29) is 23.6 Å². The first kappa shape index (κ1) is 19.1. The lowest BCUT2D eigenvalue weighted by Gasteiger charge is -2.43. The van der Waals surface area contributed by atoms with Gasteiger partial charge in [-0.2, -0.15) is 0 Å². The van der Waals surface area contributed by atoms with E-state index in [0.29, 0.717) is 52.2 Å². The van der Waals surface area contributed by atoms with Gasteiger partial charge in [-0.25, -0.2) is 0 Å². The maximum absolute atomic E-state index is 13.3. The summed E-state index contributed by atoms with van der Waals surface area (Å²) < 4.78 is 5.33. The van der Waals surface area contributed by atoms with E-state index in [4.69, 9.17) is 4.74 Å². The first-order chi connectivity index (χ1) is 12.5. The van der Waals surface area contributed by atoms with Gasteiger partial charge in [-0.1, -0.05) is 19.3 Å². The molecule has 3 amide bonds. The summed E-state index contributed by atoms with van der Waals surface area (Å²) in [6.07, 6.45) is 6.07. The van der Waals surface area contributed by atoms with Gasteiger partial charge < -0.3 is 19.9 Å². The number of piperidine rings is 1. The second-order valence-corrected chi connectivity index (χ2v) is 7.85. The van der Waals surface area contributed by atoms with Crippen molar-refractivity contribution in [1.29, 1.82) is 0 Å². The number of likely N-dealkylation sites (tertiary alicyclic amines) is 1. The maximum atomic E-state index is 13.3. The largest absolute Gasteiger partial charge is 0.378 e. The molecule has 3 aliphatic rings. The molecule has 146 valence electrons. The predicted molar refractivity (Wildman–Crippen MR) is 96.3 cm³/mol. The van der Waals surface area contributed by atoms with Crippen LogP contribution in [0, 0.1) is 5.92 Å². The Kier molecular flexibility index (Phi) is 6.16. The molecule has 0 bridgehead atoms.